The molecule has 0 radical (unpaired) electrons. The zero-order valence-corrected chi connectivity index (χ0v) is 12.9. The highest BCUT2D eigenvalue weighted by Crippen LogP contribution is 2.29. The van der Waals surface area contributed by atoms with Gasteiger partial charge in [0.2, 0.25) is 0 Å². The average Bonchev–Trinajstić information content (AvgIpc) is 2.47. The average molecular weight is 281 g/mol. The number of nitrogens with zero attached hydrogens (tertiary/aromatic N) is 1. The lowest BCUT2D eigenvalue weighted by Crippen LogP contribution is -2.54. The van der Waals surface area contributed by atoms with E-state index >= 15 is 0 Å². The number of ether oxygens (including phenoxy) is 1. The molecule has 0 amide bonds. The summed E-state index contributed by atoms with van der Waals surface area (Å²) < 4.78 is 5.37. The van der Waals surface area contributed by atoms with E-state index in [4.69, 9.17) is 4.74 Å². The lowest BCUT2D eigenvalue weighted by molar-refractivity contribution is -0.128. The fourth-order valence-electron chi connectivity index (χ4n) is 2.64. The predicted molar refractivity (Wildman–Crippen MR) is 80.4 cm³/mol. The summed E-state index contributed by atoms with van der Waals surface area (Å²) in [6.45, 7) is 7.22. The Morgan fingerprint density at radius 2 is 1.95 bits per heavy atom. The van der Waals surface area contributed by atoms with Gasteiger partial charge in [0, 0.05) is 13.1 Å². The Balaban J connectivity index is 2.10. The molecule has 1 saturated heterocycles. The number of allylic oxidation sites excluding steroid dienone is 3. The van der Waals surface area contributed by atoms with Gasteiger partial charge in [-0.1, -0.05) is 12.2 Å². The van der Waals surface area contributed by atoms with Crippen LogP contribution < -0.4 is 0 Å². The minimum Gasteiger partial charge on any atom is -0.379 e. The van der Waals surface area contributed by atoms with Crippen LogP contribution in [-0.2, 0) is 9.53 Å². The van der Waals surface area contributed by atoms with E-state index in [-0.39, 0.29) is 5.78 Å². The zero-order chi connectivity index (χ0) is 13.9. The Morgan fingerprint density at radius 1 is 1.26 bits per heavy atom. The lowest BCUT2D eigenvalue weighted by atomic mass is 9.87. The largest absolute Gasteiger partial charge is 0.379 e. The van der Waals surface area contributed by atoms with Gasteiger partial charge in [-0.3, -0.25) is 9.69 Å². The number of Topliss-reactive ketones (excluding diaryl/α,β-unsaturated/α-hetero) is 1. The van der Waals surface area contributed by atoms with E-state index in [0.29, 0.717) is 0 Å². The molecule has 0 N–H and O–H groups in total. The minimum atomic E-state index is -0.416. The third kappa shape index (κ3) is 3.30. The fraction of sp³-hybridized carbons (Fsp3) is 0.667. The molecule has 0 aromatic rings. The molecule has 3 nitrogen and oxygen atoms in total. The molecule has 0 bridgehead atoms. The maximum atomic E-state index is 12.7. The minimum absolute atomic E-state index is 0.269. The first-order valence-electron chi connectivity index (χ1n) is 6.87. The monoisotopic (exact) mass is 281 g/mol. The summed E-state index contributed by atoms with van der Waals surface area (Å²) in [7, 11) is 0. The number of hydrogen-bond acceptors (Lipinski definition) is 4. The molecule has 0 aromatic heterocycles. The van der Waals surface area contributed by atoms with Crippen LogP contribution in [-0.4, -0.2) is 48.8 Å². The van der Waals surface area contributed by atoms with Gasteiger partial charge in [0.25, 0.3) is 0 Å². The quantitative estimate of drug-likeness (QED) is 0.792. The van der Waals surface area contributed by atoms with Gasteiger partial charge in [-0.05, 0) is 43.4 Å². The number of thioether (sulfide) groups is 1. The molecular formula is C15H23NO2S. The molecule has 0 saturated carbocycles. The molecule has 4 heteroatoms. The molecule has 19 heavy (non-hydrogen) atoms. The highest BCUT2D eigenvalue weighted by molar-refractivity contribution is 8.02. The Kier molecular flexibility index (Phi) is 4.87. The van der Waals surface area contributed by atoms with E-state index in [9.17, 15) is 4.79 Å². The van der Waals surface area contributed by atoms with Crippen LogP contribution >= 0.6 is 11.8 Å². The van der Waals surface area contributed by atoms with Gasteiger partial charge in [-0.2, -0.15) is 0 Å². The van der Waals surface area contributed by atoms with Crippen molar-refractivity contribution in [3.8, 4) is 0 Å². The van der Waals surface area contributed by atoms with Crippen molar-refractivity contribution < 1.29 is 9.53 Å². The van der Waals surface area contributed by atoms with E-state index < -0.39 is 5.54 Å². The zero-order valence-electron chi connectivity index (χ0n) is 12.1. The predicted octanol–water partition coefficient (Wildman–Crippen LogP) is 2.63. The molecule has 2 aliphatic rings. The SMILES string of the molecule is CSC1=CC=C(C(=O)C(C)(C)N2CCOCC2)CC1. The maximum absolute atomic E-state index is 12.7. The number of hydrogen-bond donors (Lipinski definition) is 0. The van der Waals surface area contributed by atoms with Gasteiger partial charge in [-0.15, -0.1) is 11.8 Å². The number of rotatable bonds is 4. The Bertz CT molecular complexity index is 406. The summed E-state index contributed by atoms with van der Waals surface area (Å²) >= 11 is 1.77. The molecule has 0 spiro atoms. The topological polar surface area (TPSA) is 29.5 Å². The van der Waals surface area contributed by atoms with Crippen LogP contribution in [0.15, 0.2) is 22.6 Å². The highest BCUT2D eigenvalue weighted by atomic mass is 32.2. The molecule has 1 heterocycles. The molecular weight excluding hydrogens is 258 g/mol. The van der Waals surface area contributed by atoms with Crippen LogP contribution in [0.5, 0.6) is 0 Å². The normalized spacial score (nSPS) is 21.8. The standard InChI is InChI=1S/C15H23NO2S/c1-15(2,16-8-10-18-11-9-16)14(17)12-4-6-13(19-3)7-5-12/h4,6H,5,7-11H2,1-3H3. The van der Waals surface area contributed by atoms with Crippen LogP contribution in [0.2, 0.25) is 0 Å². The van der Waals surface area contributed by atoms with Crippen molar-refractivity contribution in [2.75, 3.05) is 32.6 Å². The Morgan fingerprint density at radius 3 is 2.47 bits per heavy atom. The smallest absolute Gasteiger partial charge is 0.178 e. The van der Waals surface area contributed by atoms with E-state index in [0.717, 1.165) is 44.7 Å². The Labute approximate surface area is 120 Å². The summed E-state index contributed by atoms with van der Waals surface area (Å²) in [5, 5.41) is 0. The first-order valence-corrected chi connectivity index (χ1v) is 8.09. The highest BCUT2D eigenvalue weighted by Gasteiger charge is 2.36. The van der Waals surface area contributed by atoms with Gasteiger partial charge in [0.1, 0.15) is 0 Å². The van der Waals surface area contributed by atoms with Crippen LogP contribution in [0.1, 0.15) is 26.7 Å². The lowest BCUT2D eigenvalue weighted by Gasteiger charge is -2.40. The van der Waals surface area contributed by atoms with Gasteiger partial charge < -0.3 is 4.74 Å². The molecule has 0 atom stereocenters. The van der Waals surface area contributed by atoms with Crippen molar-refractivity contribution in [3.63, 3.8) is 0 Å². The summed E-state index contributed by atoms with van der Waals surface area (Å²) in [5.41, 5.74) is 0.551. The van der Waals surface area contributed by atoms with Crippen molar-refractivity contribution in [2.45, 2.75) is 32.2 Å². The van der Waals surface area contributed by atoms with Crippen LogP contribution in [0.4, 0.5) is 0 Å². The summed E-state index contributed by atoms with van der Waals surface area (Å²) in [5.74, 6) is 0.269. The third-order valence-corrected chi connectivity index (χ3v) is 4.89. The second-order valence-electron chi connectivity index (χ2n) is 5.52. The first kappa shape index (κ1) is 14.8. The number of ketones is 1. The van der Waals surface area contributed by atoms with Crippen LogP contribution in [0, 0.1) is 0 Å². The van der Waals surface area contributed by atoms with Crippen molar-refractivity contribution in [1.82, 2.24) is 4.90 Å². The fourth-order valence-corrected chi connectivity index (χ4v) is 3.15. The summed E-state index contributed by atoms with van der Waals surface area (Å²) in [6, 6.07) is 0. The summed E-state index contributed by atoms with van der Waals surface area (Å²) in [4.78, 5) is 16.3. The molecule has 1 aliphatic carbocycles. The third-order valence-electron chi connectivity index (χ3n) is 4.02. The van der Waals surface area contributed by atoms with Crippen LogP contribution in [0.3, 0.4) is 0 Å². The van der Waals surface area contributed by atoms with E-state index in [1.54, 1.807) is 11.8 Å². The molecule has 106 valence electrons. The maximum Gasteiger partial charge on any atom is 0.178 e. The first-order chi connectivity index (χ1) is 9.05. The van der Waals surface area contributed by atoms with E-state index in [1.165, 1.54) is 4.91 Å². The molecule has 0 aromatic carbocycles. The van der Waals surface area contributed by atoms with E-state index in [1.807, 2.05) is 19.9 Å². The van der Waals surface area contributed by atoms with Gasteiger partial charge in [0.05, 0.1) is 18.8 Å². The second-order valence-corrected chi connectivity index (χ2v) is 6.45. The van der Waals surface area contributed by atoms with Gasteiger partial charge in [0.15, 0.2) is 5.78 Å². The molecule has 1 fully saturated rings. The van der Waals surface area contributed by atoms with Crippen molar-refractivity contribution in [2.24, 2.45) is 0 Å². The van der Waals surface area contributed by atoms with Crippen molar-refractivity contribution in [3.05, 3.63) is 22.6 Å². The van der Waals surface area contributed by atoms with Crippen LogP contribution in [0.25, 0.3) is 0 Å². The number of carbonyl (C=O) groups is 1. The van der Waals surface area contributed by atoms with E-state index in [2.05, 4.69) is 17.2 Å². The summed E-state index contributed by atoms with van der Waals surface area (Å²) in [6.07, 6.45) is 8.07. The van der Waals surface area contributed by atoms with Gasteiger partial charge >= 0.3 is 0 Å². The van der Waals surface area contributed by atoms with Gasteiger partial charge in [-0.25, -0.2) is 0 Å². The van der Waals surface area contributed by atoms with Crippen molar-refractivity contribution >= 4 is 17.5 Å². The molecule has 2 rings (SSSR count). The molecule has 1 aliphatic heterocycles. The number of morpholine rings is 1. The van der Waals surface area contributed by atoms with Crippen molar-refractivity contribution in [1.29, 1.82) is 0 Å². The molecule has 0 unspecified atom stereocenters. The number of carbonyl (C=O) groups excluding carboxylic acids is 1. The second kappa shape index (κ2) is 6.25. The Hall–Kier alpha value is -0.580.